The normalized spacial score (nSPS) is 24.3. The highest BCUT2D eigenvalue weighted by molar-refractivity contribution is 5.79. The van der Waals surface area contributed by atoms with E-state index in [1.165, 1.54) is 12.1 Å². The van der Waals surface area contributed by atoms with Gasteiger partial charge in [0.1, 0.15) is 0 Å². The number of nitrogens with zero attached hydrogens (tertiary/aromatic N) is 2. The highest BCUT2D eigenvalue weighted by Gasteiger charge is 2.25. The molecular weight excluding hydrogens is 228 g/mol. The van der Waals surface area contributed by atoms with Gasteiger partial charge in [0.05, 0.1) is 6.54 Å². The molecule has 2 aliphatic rings. The van der Waals surface area contributed by atoms with Crippen molar-refractivity contribution in [2.75, 3.05) is 33.3 Å². The zero-order valence-corrected chi connectivity index (χ0v) is 11.3. The van der Waals surface area contributed by atoms with Crippen LogP contribution in [0.15, 0.2) is 11.8 Å². The SMILES string of the molecule is CN(C(=O)CN1CCC(CCO)C1)C1=CCCC1. The van der Waals surface area contributed by atoms with Gasteiger partial charge in [-0.3, -0.25) is 9.69 Å². The van der Waals surface area contributed by atoms with Gasteiger partial charge in [-0.25, -0.2) is 0 Å². The number of hydrogen-bond acceptors (Lipinski definition) is 3. The molecule has 1 unspecified atom stereocenters. The van der Waals surface area contributed by atoms with Crippen molar-refractivity contribution >= 4 is 5.91 Å². The number of amides is 1. The Morgan fingerprint density at radius 3 is 3.11 bits per heavy atom. The minimum atomic E-state index is 0.202. The quantitative estimate of drug-likeness (QED) is 0.800. The van der Waals surface area contributed by atoms with Crippen LogP contribution in [0.2, 0.25) is 0 Å². The Labute approximate surface area is 109 Å². The molecular formula is C14H24N2O2. The second kappa shape index (κ2) is 6.34. The molecule has 0 aromatic carbocycles. The van der Waals surface area contributed by atoms with Gasteiger partial charge in [0.15, 0.2) is 0 Å². The number of likely N-dealkylation sites (N-methyl/N-ethyl adjacent to an activating group) is 1. The lowest BCUT2D eigenvalue weighted by atomic mass is 10.1. The minimum absolute atomic E-state index is 0.202. The summed E-state index contributed by atoms with van der Waals surface area (Å²) in [5.41, 5.74) is 1.19. The van der Waals surface area contributed by atoms with E-state index in [0.717, 1.165) is 38.8 Å². The van der Waals surface area contributed by atoms with Crippen molar-refractivity contribution in [2.45, 2.75) is 32.1 Å². The number of rotatable bonds is 5. The van der Waals surface area contributed by atoms with Crippen LogP contribution in [-0.2, 0) is 4.79 Å². The molecule has 1 aliphatic carbocycles. The van der Waals surface area contributed by atoms with Gasteiger partial charge in [0, 0.05) is 25.9 Å². The minimum Gasteiger partial charge on any atom is -0.396 e. The first-order valence-corrected chi connectivity index (χ1v) is 6.99. The third-order valence-corrected chi connectivity index (χ3v) is 4.09. The molecule has 1 N–H and O–H groups in total. The molecule has 1 amide bonds. The Hall–Kier alpha value is -0.870. The largest absolute Gasteiger partial charge is 0.396 e. The third-order valence-electron chi connectivity index (χ3n) is 4.09. The number of aliphatic hydroxyl groups is 1. The Kier molecular flexibility index (Phi) is 4.78. The van der Waals surface area contributed by atoms with Crippen molar-refractivity contribution in [3.63, 3.8) is 0 Å². The smallest absolute Gasteiger partial charge is 0.240 e. The molecule has 2 rings (SSSR count). The first-order valence-electron chi connectivity index (χ1n) is 6.99. The van der Waals surface area contributed by atoms with Crippen molar-refractivity contribution in [2.24, 2.45) is 5.92 Å². The van der Waals surface area contributed by atoms with Crippen LogP contribution in [0.1, 0.15) is 32.1 Å². The molecule has 102 valence electrons. The zero-order chi connectivity index (χ0) is 13.0. The van der Waals surface area contributed by atoms with Crippen LogP contribution in [0.4, 0.5) is 0 Å². The number of allylic oxidation sites excluding steroid dienone is 2. The van der Waals surface area contributed by atoms with Crippen LogP contribution in [-0.4, -0.2) is 54.1 Å². The molecule has 18 heavy (non-hydrogen) atoms. The van der Waals surface area contributed by atoms with Gasteiger partial charge in [-0.05, 0) is 44.6 Å². The van der Waals surface area contributed by atoms with Crippen LogP contribution >= 0.6 is 0 Å². The lowest BCUT2D eigenvalue weighted by Crippen LogP contribution is -2.36. The summed E-state index contributed by atoms with van der Waals surface area (Å²) in [6.07, 6.45) is 7.47. The highest BCUT2D eigenvalue weighted by atomic mass is 16.3. The van der Waals surface area contributed by atoms with E-state index in [0.29, 0.717) is 12.5 Å². The van der Waals surface area contributed by atoms with Crippen molar-refractivity contribution in [3.8, 4) is 0 Å². The maximum Gasteiger partial charge on any atom is 0.240 e. The Bertz CT molecular complexity index is 328. The summed E-state index contributed by atoms with van der Waals surface area (Å²) >= 11 is 0. The van der Waals surface area contributed by atoms with Gasteiger partial charge in [0.25, 0.3) is 0 Å². The van der Waals surface area contributed by atoms with E-state index in [1.54, 1.807) is 0 Å². The van der Waals surface area contributed by atoms with Crippen molar-refractivity contribution < 1.29 is 9.90 Å². The third kappa shape index (κ3) is 3.33. The second-order valence-electron chi connectivity index (χ2n) is 5.44. The van der Waals surface area contributed by atoms with E-state index in [9.17, 15) is 4.79 Å². The van der Waals surface area contributed by atoms with Crippen molar-refractivity contribution in [3.05, 3.63) is 11.8 Å². The molecule has 1 aliphatic heterocycles. The Morgan fingerprint density at radius 1 is 1.61 bits per heavy atom. The van der Waals surface area contributed by atoms with Gasteiger partial charge < -0.3 is 10.0 Å². The molecule has 0 radical (unpaired) electrons. The van der Waals surface area contributed by atoms with E-state index in [4.69, 9.17) is 5.11 Å². The molecule has 0 bridgehead atoms. The summed E-state index contributed by atoms with van der Waals surface area (Å²) in [7, 11) is 1.89. The first-order chi connectivity index (χ1) is 8.70. The Morgan fingerprint density at radius 2 is 2.44 bits per heavy atom. The molecule has 1 atom stereocenters. The predicted molar refractivity (Wildman–Crippen MR) is 71.0 cm³/mol. The van der Waals surface area contributed by atoms with E-state index >= 15 is 0 Å². The molecule has 1 heterocycles. The predicted octanol–water partition coefficient (Wildman–Crippen LogP) is 1.22. The average molecular weight is 252 g/mol. The maximum absolute atomic E-state index is 12.1. The summed E-state index contributed by atoms with van der Waals surface area (Å²) in [5, 5.41) is 8.93. The summed E-state index contributed by atoms with van der Waals surface area (Å²) in [6, 6.07) is 0. The number of aliphatic hydroxyl groups excluding tert-OH is 1. The van der Waals surface area contributed by atoms with Gasteiger partial charge in [-0.15, -0.1) is 0 Å². The van der Waals surface area contributed by atoms with Gasteiger partial charge >= 0.3 is 0 Å². The van der Waals surface area contributed by atoms with Crippen molar-refractivity contribution in [1.82, 2.24) is 9.80 Å². The topological polar surface area (TPSA) is 43.8 Å². The summed E-state index contributed by atoms with van der Waals surface area (Å²) in [6.45, 7) is 2.73. The van der Waals surface area contributed by atoms with Gasteiger partial charge in [0.2, 0.25) is 5.91 Å². The monoisotopic (exact) mass is 252 g/mol. The van der Waals surface area contributed by atoms with Crippen LogP contribution in [0.3, 0.4) is 0 Å². The van der Waals surface area contributed by atoms with E-state index in [2.05, 4.69) is 11.0 Å². The number of carbonyl (C=O) groups excluding carboxylic acids is 1. The lowest BCUT2D eigenvalue weighted by molar-refractivity contribution is -0.129. The van der Waals surface area contributed by atoms with E-state index < -0.39 is 0 Å². The number of carbonyl (C=O) groups is 1. The molecule has 0 saturated carbocycles. The molecule has 4 nitrogen and oxygen atoms in total. The Balaban J connectivity index is 1.77. The fourth-order valence-corrected chi connectivity index (χ4v) is 2.89. The van der Waals surface area contributed by atoms with Crippen LogP contribution in [0.5, 0.6) is 0 Å². The number of hydrogen-bond donors (Lipinski definition) is 1. The van der Waals surface area contributed by atoms with Crippen LogP contribution in [0.25, 0.3) is 0 Å². The van der Waals surface area contributed by atoms with Crippen molar-refractivity contribution in [1.29, 1.82) is 0 Å². The zero-order valence-electron chi connectivity index (χ0n) is 11.3. The van der Waals surface area contributed by atoms with Gasteiger partial charge in [-0.1, -0.05) is 6.08 Å². The lowest BCUT2D eigenvalue weighted by Gasteiger charge is -2.22. The summed E-state index contributed by atoms with van der Waals surface area (Å²) in [4.78, 5) is 16.2. The molecule has 4 heteroatoms. The van der Waals surface area contributed by atoms with E-state index in [1.807, 2.05) is 11.9 Å². The first kappa shape index (κ1) is 13.6. The summed E-state index contributed by atoms with van der Waals surface area (Å²) < 4.78 is 0. The van der Waals surface area contributed by atoms with Gasteiger partial charge in [-0.2, -0.15) is 0 Å². The van der Waals surface area contributed by atoms with Crippen LogP contribution in [0, 0.1) is 5.92 Å². The highest BCUT2D eigenvalue weighted by Crippen LogP contribution is 2.22. The molecule has 0 aromatic heterocycles. The second-order valence-corrected chi connectivity index (χ2v) is 5.44. The molecule has 0 aromatic rings. The van der Waals surface area contributed by atoms with Crippen LogP contribution < -0.4 is 0 Å². The fraction of sp³-hybridized carbons (Fsp3) is 0.786. The number of likely N-dealkylation sites (tertiary alicyclic amines) is 1. The average Bonchev–Trinajstić information content (AvgIpc) is 3.00. The maximum atomic E-state index is 12.1. The fourth-order valence-electron chi connectivity index (χ4n) is 2.89. The molecule has 1 saturated heterocycles. The summed E-state index contributed by atoms with van der Waals surface area (Å²) in [5.74, 6) is 0.770. The molecule has 1 fully saturated rings. The standard InChI is InChI=1S/C14H24N2O2/c1-15(13-4-2-3-5-13)14(18)11-16-8-6-12(10-16)7-9-17/h4,12,17H,2-3,5-11H2,1H3. The molecule has 0 spiro atoms. The van der Waals surface area contributed by atoms with E-state index in [-0.39, 0.29) is 12.5 Å².